The molecule has 0 amide bonds. The number of hydrogen-bond acceptors (Lipinski definition) is 3. The molecule has 1 atom stereocenters. The van der Waals surface area contributed by atoms with Gasteiger partial charge in [-0.05, 0) is 12.1 Å². The second kappa shape index (κ2) is 3.71. The molecule has 1 aliphatic heterocycles. The number of phenolic OH excluding ortho intramolecular Hbond substituents is 1. The van der Waals surface area contributed by atoms with Crippen molar-refractivity contribution < 1.29 is 10.2 Å². The van der Waals surface area contributed by atoms with Crippen LogP contribution < -0.4 is 0 Å². The summed E-state index contributed by atoms with van der Waals surface area (Å²) in [6.07, 6.45) is 3.42. The van der Waals surface area contributed by atoms with Crippen LogP contribution in [0, 0.1) is 0 Å². The second-order valence-electron chi connectivity index (χ2n) is 4.89. The van der Waals surface area contributed by atoms with Gasteiger partial charge in [0.15, 0.2) is 5.72 Å². The molecule has 4 heteroatoms. The fourth-order valence-corrected chi connectivity index (χ4v) is 2.89. The lowest BCUT2D eigenvalue weighted by Crippen LogP contribution is -2.32. The zero-order chi connectivity index (χ0) is 13.7. The minimum absolute atomic E-state index is 0.127. The van der Waals surface area contributed by atoms with Crippen LogP contribution in [0.15, 0.2) is 60.9 Å². The van der Waals surface area contributed by atoms with Crippen molar-refractivity contribution in [2.75, 3.05) is 0 Å². The predicted molar refractivity (Wildman–Crippen MR) is 74.2 cm³/mol. The van der Waals surface area contributed by atoms with Crippen LogP contribution >= 0.6 is 0 Å². The predicted octanol–water partition coefficient (Wildman–Crippen LogP) is 2.31. The highest BCUT2D eigenvalue weighted by Gasteiger charge is 2.43. The Morgan fingerprint density at radius 3 is 2.75 bits per heavy atom. The van der Waals surface area contributed by atoms with Gasteiger partial charge in [-0.1, -0.05) is 36.4 Å². The molecule has 2 heterocycles. The number of fused-ring (bicyclic) bond motifs is 3. The van der Waals surface area contributed by atoms with Gasteiger partial charge in [-0.2, -0.15) is 0 Å². The molecule has 98 valence electrons. The Labute approximate surface area is 115 Å². The Balaban J connectivity index is 2.07. The van der Waals surface area contributed by atoms with E-state index in [1.807, 2.05) is 24.3 Å². The van der Waals surface area contributed by atoms with Crippen molar-refractivity contribution in [3.8, 4) is 17.1 Å². The zero-order valence-electron chi connectivity index (χ0n) is 10.6. The van der Waals surface area contributed by atoms with Crippen LogP contribution in [0.5, 0.6) is 5.75 Å². The van der Waals surface area contributed by atoms with Gasteiger partial charge in [0.25, 0.3) is 0 Å². The first-order valence-corrected chi connectivity index (χ1v) is 6.37. The van der Waals surface area contributed by atoms with E-state index in [1.54, 1.807) is 41.2 Å². The molecule has 0 saturated heterocycles. The van der Waals surface area contributed by atoms with Gasteiger partial charge in [0, 0.05) is 29.1 Å². The van der Waals surface area contributed by atoms with Crippen molar-refractivity contribution in [1.29, 1.82) is 0 Å². The van der Waals surface area contributed by atoms with Crippen LogP contribution in [0.4, 0.5) is 0 Å². The smallest absolute Gasteiger partial charge is 0.197 e. The number of aromatic nitrogens is 2. The van der Waals surface area contributed by atoms with Gasteiger partial charge < -0.3 is 10.2 Å². The highest BCUT2D eigenvalue weighted by atomic mass is 16.3. The van der Waals surface area contributed by atoms with Crippen LogP contribution in [-0.2, 0) is 5.72 Å². The van der Waals surface area contributed by atoms with E-state index in [0.717, 1.165) is 17.0 Å². The average Bonchev–Trinajstić information content (AvgIpc) is 3.03. The van der Waals surface area contributed by atoms with E-state index in [1.165, 1.54) is 0 Å². The number of phenols is 1. The molecule has 1 unspecified atom stereocenters. The largest absolute Gasteiger partial charge is 0.508 e. The first-order valence-electron chi connectivity index (χ1n) is 6.37. The minimum Gasteiger partial charge on any atom is -0.508 e. The number of nitrogens with zero attached hydrogens (tertiary/aromatic N) is 2. The number of benzene rings is 2. The highest BCUT2D eigenvalue weighted by molar-refractivity contribution is 5.69. The maximum Gasteiger partial charge on any atom is 0.197 e. The summed E-state index contributed by atoms with van der Waals surface area (Å²) in [6, 6.07) is 14.3. The Hall–Kier alpha value is -2.59. The van der Waals surface area contributed by atoms with E-state index in [-0.39, 0.29) is 5.75 Å². The lowest BCUT2D eigenvalue weighted by molar-refractivity contribution is 0.0570. The average molecular weight is 264 g/mol. The molecule has 1 aliphatic rings. The molecule has 0 radical (unpaired) electrons. The molecule has 2 aromatic carbocycles. The van der Waals surface area contributed by atoms with E-state index < -0.39 is 5.72 Å². The summed E-state index contributed by atoms with van der Waals surface area (Å²) in [5, 5.41) is 21.0. The molecule has 2 N–H and O–H groups in total. The van der Waals surface area contributed by atoms with Crippen molar-refractivity contribution in [2.45, 2.75) is 5.72 Å². The summed E-state index contributed by atoms with van der Waals surface area (Å²) >= 11 is 0. The molecule has 0 spiro atoms. The molecule has 4 rings (SSSR count). The molecule has 0 saturated carbocycles. The fourth-order valence-electron chi connectivity index (χ4n) is 2.89. The van der Waals surface area contributed by atoms with Crippen molar-refractivity contribution >= 4 is 0 Å². The van der Waals surface area contributed by atoms with Crippen LogP contribution in [0.1, 0.15) is 11.1 Å². The summed E-state index contributed by atoms with van der Waals surface area (Å²) in [5.41, 5.74) is 0.958. The SMILES string of the molecule is Oc1cccc(C2(O)c3ccccc3-c3nccn32)c1. The van der Waals surface area contributed by atoms with Crippen molar-refractivity contribution in [3.63, 3.8) is 0 Å². The van der Waals surface area contributed by atoms with Gasteiger partial charge in [-0.25, -0.2) is 4.98 Å². The molecule has 3 aromatic rings. The first kappa shape index (κ1) is 11.3. The lowest BCUT2D eigenvalue weighted by atomic mass is 9.93. The van der Waals surface area contributed by atoms with Gasteiger partial charge in [0.1, 0.15) is 11.6 Å². The standard InChI is InChI=1S/C16H12N2O2/c19-12-5-3-4-11(10-12)16(20)14-7-2-1-6-13(14)15-17-8-9-18(15)16/h1-10,19-20H. The van der Waals surface area contributed by atoms with E-state index in [9.17, 15) is 10.2 Å². The maximum atomic E-state index is 11.3. The number of rotatable bonds is 1. The van der Waals surface area contributed by atoms with Gasteiger partial charge >= 0.3 is 0 Å². The Morgan fingerprint density at radius 1 is 1.05 bits per heavy atom. The normalized spacial score (nSPS) is 19.6. The number of aliphatic hydroxyl groups is 1. The van der Waals surface area contributed by atoms with Gasteiger partial charge in [0.2, 0.25) is 0 Å². The van der Waals surface area contributed by atoms with Crippen molar-refractivity contribution in [2.24, 2.45) is 0 Å². The summed E-state index contributed by atoms with van der Waals surface area (Å²) in [4.78, 5) is 4.32. The third-order valence-corrected chi connectivity index (χ3v) is 3.78. The molecule has 0 aliphatic carbocycles. The zero-order valence-corrected chi connectivity index (χ0v) is 10.6. The molecular weight excluding hydrogens is 252 g/mol. The quantitative estimate of drug-likeness (QED) is 0.709. The van der Waals surface area contributed by atoms with Crippen LogP contribution in [-0.4, -0.2) is 19.8 Å². The lowest BCUT2D eigenvalue weighted by Gasteiger charge is -2.27. The summed E-state index contributed by atoms with van der Waals surface area (Å²) in [5.74, 6) is 0.855. The van der Waals surface area contributed by atoms with E-state index >= 15 is 0 Å². The number of hydrogen-bond donors (Lipinski definition) is 2. The van der Waals surface area contributed by atoms with Gasteiger partial charge in [-0.3, -0.25) is 4.57 Å². The molecular formula is C16H12N2O2. The second-order valence-corrected chi connectivity index (χ2v) is 4.89. The van der Waals surface area contributed by atoms with Crippen LogP contribution in [0.25, 0.3) is 11.4 Å². The molecule has 1 aromatic heterocycles. The number of imidazole rings is 1. The van der Waals surface area contributed by atoms with Crippen molar-refractivity contribution in [3.05, 3.63) is 72.1 Å². The van der Waals surface area contributed by atoms with Gasteiger partial charge in [-0.15, -0.1) is 0 Å². The van der Waals surface area contributed by atoms with E-state index in [2.05, 4.69) is 4.98 Å². The Bertz CT molecular complexity index is 809. The Kier molecular flexibility index (Phi) is 2.09. The van der Waals surface area contributed by atoms with E-state index in [4.69, 9.17) is 0 Å². The molecule has 0 fully saturated rings. The molecule has 20 heavy (non-hydrogen) atoms. The third kappa shape index (κ3) is 1.26. The maximum absolute atomic E-state index is 11.3. The first-order chi connectivity index (χ1) is 9.71. The highest BCUT2D eigenvalue weighted by Crippen LogP contribution is 2.45. The third-order valence-electron chi connectivity index (χ3n) is 3.78. The topological polar surface area (TPSA) is 58.3 Å². The molecule has 0 bridgehead atoms. The van der Waals surface area contributed by atoms with Crippen LogP contribution in [0.3, 0.4) is 0 Å². The summed E-state index contributed by atoms with van der Waals surface area (Å²) in [7, 11) is 0. The number of aromatic hydroxyl groups is 1. The molecule has 4 nitrogen and oxygen atoms in total. The monoisotopic (exact) mass is 264 g/mol. The summed E-state index contributed by atoms with van der Waals surface area (Å²) < 4.78 is 1.73. The van der Waals surface area contributed by atoms with Crippen molar-refractivity contribution in [1.82, 2.24) is 9.55 Å². The minimum atomic E-state index is -1.33. The summed E-state index contributed by atoms with van der Waals surface area (Å²) in [6.45, 7) is 0. The van der Waals surface area contributed by atoms with E-state index in [0.29, 0.717) is 5.56 Å². The van der Waals surface area contributed by atoms with Gasteiger partial charge in [0.05, 0.1) is 0 Å². The van der Waals surface area contributed by atoms with Crippen LogP contribution in [0.2, 0.25) is 0 Å². The Morgan fingerprint density at radius 2 is 1.90 bits per heavy atom. The fraction of sp³-hybridized carbons (Fsp3) is 0.0625.